The number of aliphatic imine (C=N–C) groups is 1. The molecule has 0 spiro atoms. The lowest BCUT2D eigenvalue weighted by Crippen LogP contribution is -2.28. The highest BCUT2D eigenvalue weighted by Gasteiger charge is 2.37. The summed E-state index contributed by atoms with van der Waals surface area (Å²) in [5.74, 6) is -0.812. The molecule has 0 radical (unpaired) electrons. The van der Waals surface area contributed by atoms with E-state index in [-0.39, 0.29) is 29.5 Å². The minimum atomic E-state index is -4.97. The second-order valence-electron chi connectivity index (χ2n) is 8.41. The van der Waals surface area contributed by atoms with Gasteiger partial charge in [0.05, 0.1) is 22.7 Å². The smallest absolute Gasteiger partial charge is 0.366 e. The molecule has 5 nitrogen and oxygen atoms in total. The van der Waals surface area contributed by atoms with Gasteiger partial charge in [-0.05, 0) is 49.2 Å². The minimum Gasteiger partial charge on any atom is -0.366 e. The number of allylic oxidation sites excluding steroid dienone is 1. The van der Waals surface area contributed by atoms with Crippen molar-refractivity contribution in [3.63, 3.8) is 0 Å². The summed E-state index contributed by atoms with van der Waals surface area (Å²) in [5.41, 5.74) is 4.48. The number of carbonyl (C=O) groups is 1. The lowest BCUT2D eigenvalue weighted by Gasteiger charge is -2.22. The minimum absolute atomic E-state index is 0.0649. The van der Waals surface area contributed by atoms with E-state index in [4.69, 9.17) is 5.73 Å². The second kappa shape index (κ2) is 9.72. The topological polar surface area (TPSA) is 80.4 Å². The molecule has 3 N–H and O–H groups in total. The van der Waals surface area contributed by atoms with Gasteiger partial charge in [0, 0.05) is 34.5 Å². The normalized spacial score (nSPS) is 16.7. The fourth-order valence-corrected chi connectivity index (χ4v) is 3.87. The molecule has 3 aromatic rings. The van der Waals surface area contributed by atoms with E-state index in [0.29, 0.717) is 23.3 Å². The Labute approximate surface area is 207 Å². The summed E-state index contributed by atoms with van der Waals surface area (Å²) in [6, 6.07) is 9.81. The predicted molar refractivity (Wildman–Crippen MR) is 127 cm³/mol. The number of halogens is 6. The molecule has 4 rings (SSSR count). The van der Waals surface area contributed by atoms with Crippen LogP contribution in [-0.4, -0.2) is 22.8 Å². The van der Waals surface area contributed by atoms with Gasteiger partial charge in [0.15, 0.2) is 0 Å². The first-order valence-electron chi connectivity index (χ1n) is 11.0. The number of hydrogen-bond acceptors (Lipinski definition) is 4. The third kappa shape index (κ3) is 5.82. The van der Waals surface area contributed by atoms with Crippen molar-refractivity contribution in [2.45, 2.75) is 31.7 Å². The number of primary amides is 1. The lowest BCUT2D eigenvalue weighted by molar-refractivity contribution is -0.143. The van der Waals surface area contributed by atoms with Gasteiger partial charge in [0.25, 0.3) is 0 Å². The number of alkyl halides is 6. The van der Waals surface area contributed by atoms with E-state index in [2.05, 4.69) is 15.3 Å². The number of benzene rings is 2. The Bertz CT molecular complexity index is 1420. The zero-order chi connectivity index (χ0) is 27.0. The fourth-order valence-electron chi connectivity index (χ4n) is 3.87. The highest BCUT2D eigenvalue weighted by Crippen LogP contribution is 2.36. The van der Waals surface area contributed by atoms with Crippen LogP contribution in [0.4, 0.5) is 26.3 Å². The molecule has 2 aromatic carbocycles. The average molecular weight is 518 g/mol. The summed E-state index contributed by atoms with van der Waals surface area (Å²) in [5, 5.41) is 3.50. The van der Waals surface area contributed by atoms with Crippen molar-refractivity contribution in [3.8, 4) is 0 Å². The molecule has 1 amide bonds. The van der Waals surface area contributed by atoms with Crippen molar-refractivity contribution >= 4 is 28.2 Å². The maximum Gasteiger partial charge on any atom is 0.416 e. The first-order chi connectivity index (χ1) is 17.3. The Morgan fingerprint density at radius 2 is 1.68 bits per heavy atom. The van der Waals surface area contributed by atoms with E-state index in [1.165, 1.54) is 12.4 Å². The van der Waals surface area contributed by atoms with Crippen molar-refractivity contribution in [2.24, 2.45) is 10.7 Å². The number of nitrogens with two attached hydrogens (primary N) is 1. The molecule has 1 aromatic heterocycles. The summed E-state index contributed by atoms with van der Waals surface area (Å²) in [6.07, 6.45) is -5.17. The molecule has 1 aliphatic rings. The average Bonchev–Trinajstić information content (AvgIpc) is 2.83. The van der Waals surface area contributed by atoms with Gasteiger partial charge >= 0.3 is 12.4 Å². The van der Waals surface area contributed by atoms with Gasteiger partial charge in [-0.25, -0.2) is 0 Å². The molecular weight excluding hydrogens is 498 g/mol. The maximum atomic E-state index is 13.2. The van der Waals surface area contributed by atoms with Crippen LogP contribution in [0, 0.1) is 0 Å². The third-order valence-electron chi connectivity index (χ3n) is 5.82. The summed E-state index contributed by atoms with van der Waals surface area (Å²) < 4.78 is 79.3. The maximum absolute atomic E-state index is 13.2. The van der Waals surface area contributed by atoms with Crippen LogP contribution in [0.15, 0.2) is 77.6 Å². The third-order valence-corrected chi connectivity index (χ3v) is 5.82. The standard InChI is InChI=1S/C26H20F6N4O/c1-14-16(6-7-21(23(33)37)18-8-15-4-2-3-5-22(15)34-13-18)12-35-24(36-14)17-9-19(25(27,28)29)11-20(10-17)26(30,31)32/h2-5,7-14H,6H2,1H3,(H2,33,37)(H,35,36). The number of pyridine rings is 1. The number of amides is 1. The quantitative estimate of drug-likeness (QED) is 0.328. The van der Waals surface area contributed by atoms with Gasteiger partial charge in [0.1, 0.15) is 5.84 Å². The molecule has 37 heavy (non-hydrogen) atoms. The number of hydrogen-bond donors (Lipinski definition) is 2. The van der Waals surface area contributed by atoms with Gasteiger partial charge in [-0.3, -0.25) is 14.8 Å². The van der Waals surface area contributed by atoms with E-state index in [1.54, 1.807) is 19.1 Å². The van der Waals surface area contributed by atoms with E-state index in [0.717, 1.165) is 10.9 Å². The van der Waals surface area contributed by atoms with Crippen molar-refractivity contribution in [3.05, 3.63) is 94.8 Å². The highest BCUT2D eigenvalue weighted by atomic mass is 19.4. The van der Waals surface area contributed by atoms with Crippen LogP contribution >= 0.6 is 0 Å². The molecule has 2 heterocycles. The number of aromatic nitrogens is 1. The van der Waals surface area contributed by atoms with Crippen molar-refractivity contribution in [2.75, 3.05) is 0 Å². The number of rotatable bonds is 5. The number of fused-ring (bicyclic) bond motifs is 1. The Hall–Kier alpha value is -4.15. The van der Waals surface area contributed by atoms with Crippen LogP contribution in [0.2, 0.25) is 0 Å². The molecule has 1 atom stereocenters. The van der Waals surface area contributed by atoms with Crippen LogP contribution in [0.25, 0.3) is 16.5 Å². The first kappa shape index (κ1) is 25.9. The molecule has 0 aliphatic carbocycles. The van der Waals surface area contributed by atoms with E-state index < -0.39 is 35.4 Å². The molecule has 0 saturated carbocycles. The SMILES string of the molecule is CC1N=C(c2cc(C(F)(F)F)cc(C(F)(F)F)c2)NC=C1CC=C(C(N)=O)c1cnc2ccccc2c1. The molecular formula is C26H20F6N4O. The Morgan fingerprint density at radius 3 is 2.27 bits per heavy atom. The Balaban J connectivity index is 1.60. The molecule has 0 fully saturated rings. The van der Waals surface area contributed by atoms with Gasteiger partial charge in [-0.2, -0.15) is 26.3 Å². The summed E-state index contributed by atoms with van der Waals surface area (Å²) in [7, 11) is 0. The van der Waals surface area contributed by atoms with Crippen LogP contribution in [0.1, 0.15) is 35.6 Å². The number of para-hydroxylation sites is 1. The van der Waals surface area contributed by atoms with E-state index >= 15 is 0 Å². The number of nitrogens with one attached hydrogen (secondary N) is 1. The number of nitrogens with zero attached hydrogens (tertiary/aromatic N) is 2. The molecule has 192 valence electrons. The van der Waals surface area contributed by atoms with Gasteiger partial charge in [-0.15, -0.1) is 0 Å². The highest BCUT2D eigenvalue weighted by molar-refractivity contribution is 6.19. The van der Waals surface area contributed by atoms with Crippen LogP contribution in [-0.2, 0) is 17.1 Å². The fraction of sp³-hybridized carbons (Fsp3) is 0.192. The van der Waals surface area contributed by atoms with Crippen LogP contribution in [0.3, 0.4) is 0 Å². The lowest BCUT2D eigenvalue weighted by atomic mass is 9.98. The van der Waals surface area contributed by atoms with Crippen LogP contribution in [0.5, 0.6) is 0 Å². The van der Waals surface area contributed by atoms with Crippen molar-refractivity contribution in [1.82, 2.24) is 10.3 Å². The molecule has 1 aliphatic heterocycles. The molecule has 11 heteroatoms. The van der Waals surface area contributed by atoms with Gasteiger partial charge < -0.3 is 11.1 Å². The van der Waals surface area contributed by atoms with Crippen molar-refractivity contribution in [1.29, 1.82) is 0 Å². The number of carbonyl (C=O) groups excluding carboxylic acids is 1. The van der Waals surface area contributed by atoms with Gasteiger partial charge in [0.2, 0.25) is 5.91 Å². The van der Waals surface area contributed by atoms with E-state index in [1.807, 2.05) is 24.3 Å². The molecule has 0 saturated heterocycles. The first-order valence-corrected chi connectivity index (χ1v) is 11.0. The van der Waals surface area contributed by atoms with Crippen molar-refractivity contribution < 1.29 is 31.1 Å². The zero-order valence-electron chi connectivity index (χ0n) is 19.3. The predicted octanol–water partition coefficient (Wildman–Crippen LogP) is 5.85. The number of amidine groups is 1. The van der Waals surface area contributed by atoms with Gasteiger partial charge in [-0.1, -0.05) is 24.3 Å². The Morgan fingerprint density at radius 1 is 1.03 bits per heavy atom. The monoisotopic (exact) mass is 518 g/mol. The second-order valence-corrected chi connectivity index (χ2v) is 8.41. The van der Waals surface area contributed by atoms with Crippen LogP contribution < -0.4 is 11.1 Å². The summed E-state index contributed by atoms with van der Waals surface area (Å²) in [6.45, 7) is 1.64. The summed E-state index contributed by atoms with van der Waals surface area (Å²) in [4.78, 5) is 20.7. The Kier molecular flexibility index (Phi) is 6.81. The van der Waals surface area contributed by atoms with E-state index in [9.17, 15) is 31.1 Å². The molecule has 0 bridgehead atoms. The summed E-state index contributed by atoms with van der Waals surface area (Å²) >= 11 is 0. The largest absolute Gasteiger partial charge is 0.416 e. The zero-order valence-corrected chi connectivity index (χ0v) is 19.3. The molecule has 1 unspecified atom stereocenters.